The molecule has 0 radical (unpaired) electrons. The lowest BCUT2D eigenvalue weighted by atomic mass is 9.86. The van der Waals surface area contributed by atoms with Crippen LogP contribution in [0.15, 0.2) is 5.38 Å². The Bertz CT molecular complexity index is 383. The molecule has 0 spiro atoms. The topological polar surface area (TPSA) is 39.2 Å². The number of hydrogen-bond donors (Lipinski definition) is 0. The summed E-state index contributed by atoms with van der Waals surface area (Å²) in [4.78, 5) is 16.0. The molecule has 0 amide bonds. The van der Waals surface area contributed by atoms with Gasteiger partial charge in [0.15, 0.2) is 5.69 Å². The van der Waals surface area contributed by atoms with Crippen LogP contribution in [0.25, 0.3) is 0 Å². The molecule has 2 rings (SSSR count). The van der Waals surface area contributed by atoms with Crippen LogP contribution in [-0.4, -0.2) is 17.1 Å². The molecule has 0 aromatic carbocycles. The van der Waals surface area contributed by atoms with Gasteiger partial charge in [0.2, 0.25) is 0 Å². The highest BCUT2D eigenvalue weighted by Gasteiger charge is 2.24. The van der Waals surface area contributed by atoms with Crippen LogP contribution in [0.5, 0.6) is 0 Å². The summed E-state index contributed by atoms with van der Waals surface area (Å²) in [5, 5.41) is 2.67. The van der Waals surface area contributed by atoms with E-state index in [1.165, 1.54) is 43.4 Å². The fourth-order valence-electron chi connectivity index (χ4n) is 2.39. The molecule has 4 heteroatoms. The van der Waals surface area contributed by atoms with Crippen LogP contribution in [-0.2, 0) is 4.74 Å². The first kappa shape index (κ1) is 12.6. The van der Waals surface area contributed by atoms with Crippen molar-refractivity contribution in [3.63, 3.8) is 0 Å². The normalized spacial score (nSPS) is 18.9. The lowest BCUT2D eigenvalue weighted by Gasteiger charge is -2.27. The summed E-state index contributed by atoms with van der Waals surface area (Å²) < 4.78 is 5.49. The van der Waals surface area contributed by atoms with Gasteiger partial charge in [-0.05, 0) is 32.6 Å². The molecular formula is C13H19NO2S. The maximum absolute atomic E-state index is 11.8. The van der Waals surface area contributed by atoms with Crippen molar-refractivity contribution in [2.24, 2.45) is 5.92 Å². The van der Waals surface area contributed by atoms with Crippen LogP contribution >= 0.6 is 11.3 Å². The molecule has 94 valence electrons. The lowest BCUT2D eigenvalue weighted by molar-refractivity contribution is 0.0135. The number of aryl methyl sites for hydroxylation is 1. The first-order valence-corrected chi connectivity index (χ1v) is 7.18. The van der Waals surface area contributed by atoms with Gasteiger partial charge in [-0.25, -0.2) is 9.78 Å². The molecule has 0 N–H and O–H groups in total. The number of ether oxygens (including phenoxy) is 1. The van der Waals surface area contributed by atoms with Gasteiger partial charge in [-0.2, -0.15) is 0 Å². The second-order valence-corrected chi connectivity index (χ2v) is 5.82. The van der Waals surface area contributed by atoms with Gasteiger partial charge < -0.3 is 4.74 Å². The SMILES string of the molecule is Cc1nc(C(=O)OC(C)C2CCCCC2)cs1. The molecular weight excluding hydrogens is 234 g/mol. The van der Waals surface area contributed by atoms with Gasteiger partial charge in [0.05, 0.1) is 5.01 Å². The number of carbonyl (C=O) groups excluding carboxylic acids is 1. The molecule has 1 aliphatic carbocycles. The summed E-state index contributed by atoms with van der Waals surface area (Å²) in [6.07, 6.45) is 6.24. The molecule has 1 heterocycles. The van der Waals surface area contributed by atoms with E-state index in [0.29, 0.717) is 11.6 Å². The van der Waals surface area contributed by atoms with Crippen molar-refractivity contribution in [3.05, 3.63) is 16.1 Å². The number of aromatic nitrogens is 1. The molecule has 1 aliphatic rings. The molecule has 1 unspecified atom stereocenters. The van der Waals surface area contributed by atoms with Gasteiger partial charge in [0.25, 0.3) is 0 Å². The average Bonchev–Trinajstić information content (AvgIpc) is 2.77. The Hall–Kier alpha value is -0.900. The molecule has 0 bridgehead atoms. The van der Waals surface area contributed by atoms with E-state index in [0.717, 1.165) is 5.01 Å². The summed E-state index contributed by atoms with van der Waals surface area (Å²) in [6.45, 7) is 3.90. The summed E-state index contributed by atoms with van der Waals surface area (Å²) in [5.41, 5.74) is 0.454. The minimum atomic E-state index is -0.271. The van der Waals surface area contributed by atoms with E-state index in [9.17, 15) is 4.79 Å². The van der Waals surface area contributed by atoms with E-state index in [1.54, 1.807) is 5.38 Å². The third kappa shape index (κ3) is 3.28. The Balaban J connectivity index is 1.89. The smallest absolute Gasteiger partial charge is 0.358 e. The fraction of sp³-hybridized carbons (Fsp3) is 0.692. The van der Waals surface area contributed by atoms with Crippen molar-refractivity contribution < 1.29 is 9.53 Å². The Morgan fingerprint density at radius 2 is 2.18 bits per heavy atom. The standard InChI is InChI=1S/C13H19NO2S/c1-9(11-6-4-3-5-7-11)16-13(15)12-8-17-10(2)14-12/h8-9,11H,3-7H2,1-2H3. The van der Waals surface area contributed by atoms with E-state index in [4.69, 9.17) is 4.74 Å². The Labute approximate surface area is 106 Å². The summed E-state index contributed by atoms with van der Waals surface area (Å²) >= 11 is 1.48. The first-order valence-electron chi connectivity index (χ1n) is 6.30. The Morgan fingerprint density at radius 1 is 1.47 bits per heavy atom. The summed E-state index contributed by atoms with van der Waals surface area (Å²) in [7, 11) is 0. The molecule has 1 fully saturated rings. The number of rotatable bonds is 3. The number of esters is 1. The highest BCUT2D eigenvalue weighted by atomic mass is 32.1. The summed E-state index contributed by atoms with van der Waals surface area (Å²) in [5.74, 6) is 0.264. The monoisotopic (exact) mass is 253 g/mol. The molecule has 0 aliphatic heterocycles. The number of thiazole rings is 1. The fourth-order valence-corrected chi connectivity index (χ4v) is 2.97. The van der Waals surface area contributed by atoms with Gasteiger partial charge in [-0.3, -0.25) is 0 Å². The minimum Gasteiger partial charge on any atom is -0.458 e. The molecule has 1 aromatic rings. The van der Waals surface area contributed by atoms with Crippen molar-refractivity contribution >= 4 is 17.3 Å². The quantitative estimate of drug-likeness (QED) is 0.773. The van der Waals surface area contributed by atoms with Gasteiger partial charge in [0.1, 0.15) is 6.10 Å². The van der Waals surface area contributed by atoms with Crippen molar-refractivity contribution in [2.75, 3.05) is 0 Å². The number of hydrogen-bond acceptors (Lipinski definition) is 4. The highest BCUT2D eigenvalue weighted by molar-refractivity contribution is 7.09. The maximum atomic E-state index is 11.8. The first-order chi connectivity index (χ1) is 8.16. The van der Waals surface area contributed by atoms with E-state index >= 15 is 0 Å². The van der Waals surface area contributed by atoms with Crippen molar-refractivity contribution in [3.8, 4) is 0 Å². The van der Waals surface area contributed by atoms with E-state index < -0.39 is 0 Å². The van der Waals surface area contributed by atoms with E-state index in [2.05, 4.69) is 4.98 Å². The lowest BCUT2D eigenvalue weighted by Crippen LogP contribution is -2.26. The zero-order valence-electron chi connectivity index (χ0n) is 10.4. The summed E-state index contributed by atoms with van der Waals surface area (Å²) in [6, 6.07) is 0. The molecule has 3 nitrogen and oxygen atoms in total. The predicted molar refractivity (Wildman–Crippen MR) is 68.3 cm³/mol. The van der Waals surface area contributed by atoms with Crippen LogP contribution in [0.3, 0.4) is 0 Å². The molecule has 17 heavy (non-hydrogen) atoms. The van der Waals surface area contributed by atoms with Crippen LogP contribution in [0, 0.1) is 12.8 Å². The number of nitrogens with zero attached hydrogens (tertiary/aromatic N) is 1. The molecule has 1 saturated carbocycles. The number of carbonyl (C=O) groups is 1. The zero-order valence-corrected chi connectivity index (χ0v) is 11.3. The van der Waals surface area contributed by atoms with Crippen molar-refractivity contribution in [2.45, 2.75) is 52.1 Å². The highest BCUT2D eigenvalue weighted by Crippen LogP contribution is 2.28. The molecule has 1 aromatic heterocycles. The molecule has 0 saturated heterocycles. The van der Waals surface area contributed by atoms with Gasteiger partial charge >= 0.3 is 5.97 Å². The van der Waals surface area contributed by atoms with Crippen molar-refractivity contribution in [1.82, 2.24) is 4.98 Å². The average molecular weight is 253 g/mol. The minimum absolute atomic E-state index is 0.0183. The van der Waals surface area contributed by atoms with Crippen LogP contribution in [0.1, 0.15) is 54.5 Å². The third-order valence-corrected chi connectivity index (χ3v) is 4.21. The largest absolute Gasteiger partial charge is 0.458 e. The second-order valence-electron chi connectivity index (χ2n) is 4.76. The molecule has 1 atom stereocenters. The van der Waals surface area contributed by atoms with Crippen molar-refractivity contribution in [1.29, 1.82) is 0 Å². The maximum Gasteiger partial charge on any atom is 0.358 e. The zero-order chi connectivity index (χ0) is 12.3. The van der Waals surface area contributed by atoms with E-state index in [-0.39, 0.29) is 12.1 Å². The van der Waals surface area contributed by atoms with Gasteiger partial charge in [0, 0.05) is 5.38 Å². The predicted octanol–water partition coefficient (Wildman–Crippen LogP) is 3.58. The van der Waals surface area contributed by atoms with Gasteiger partial charge in [-0.1, -0.05) is 19.3 Å². The Kier molecular flexibility index (Phi) is 4.15. The van der Waals surface area contributed by atoms with Crippen LogP contribution in [0.2, 0.25) is 0 Å². The third-order valence-electron chi connectivity index (χ3n) is 3.43. The Morgan fingerprint density at radius 3 is 2.76 bits per heavy atom. The van der Waals surface area contributed by atoms with Crippen LogP contribution < -0.4 is 0 Å². The van der Waals surface area contributed by atoms with Gasteiger partial charge in [-0.15, -0.1) is 11.3 Å². The van der Waals surface area contributed by atoms with Crippen LogP contribution in [0.4, 0.5) is 0 Å². The second kappa shape index (κ2) is 5.63. The van der Waals surface area contributed by atoms with E-state index in [1.807, 2.05) is 13.8 Å².